The van der Waals surface area contributed by atoms with Gasteiger partial charge in [-0.1, -0.05) is 0 Å². The van der Waals surface area contributed by atoms with E-state index in [1.165, 1.54) is 12.7 Å². The third kappa shape index (κ3) is 3.94. The zero-order chi connectivity index (χ0) is 10.6. The summed E-state index contributed by atoms with van der Waals surface area (Å²) in [5, 5.41) is 0. The first-order chi connectivity index (χ1) is 6.53. The summed E-state index contributed by atoms with van der Waals surface area (Å²) in [6.45, 7) is 2.64. The first-order valence-corrected chi connectivity index (χ1v) is 7.21. The molecule has 0 saturated carbocycles. The molecule has 1 rings (SSSR count). The molecule has 1 fully saturated rings. The van der Waals surface area contributed by atoms with Crippen LogP contribution >= 0.6 is 0 Å². The van der Waals surface area contributed by atoms with E-state index in [9.17, 15) is 8.42 Å². The van der Waals surface area contributed by atoms with Gasteiger partial charge in [-0.25, -0.2) is 8.42 Å². The Labute approximate surface area is 86.4 Å². The molecule has 0 bridgehead atoms. The van der Waals surface area contributed by atoms with Gasteiger partial charge in [0.15, 0.2) is 0 Å². The summed E-state index contributed by atoms with van der Waals surface area (Å²) in [7, 11) is -2.80. The topological polar surface area (TPSA) is 63.4 Å². The maximum atomic E-state index is 10.9. The average molecular weight is 220 g/mol. The highest BCUT2D eigenvalue weighted by atomic mass is 32.2. The van der Waals surface area contributed by atoms with E-state index >= 15 is 0 Å². The summed E-state index contributed by atoms with van der Waals surface area (Å²) in [5.41, 5.74) is 5.62. The van der Waals surface area contributed by atoms with Crippen LogP contribution in [0.5, 0.6) is 0 Å². The van der Waals surface area contributed by atoms with Crippen molar-refractivity contribution in [3.8, 4) is 0 Å². The van der Waals surface area contributed by atoms with E-state index in [4.69, 9.17) is 5.73 Å². The number of rotatable bonds is 5. The molecule has 0 aromatic carbocycles. The van der Waals surface area contributed by atoms with Gasteiger partial charge >= 0.3 is 0 Å². The lowest BCUT2D eigenvalue weighted by atomic mass is 10.2. The molecule has 0 amide bonds. The highest BCUT2D eigenvalue weighted by Gasteiger charge is 2.22. The van der Waals surface area contributed by atoms with Gasteiger partial charge in [-0.3, -0.25) is 4.90 Å². The van der Waals surface area contributed by atoms with Crippen molar-refractivity contribution in [2.24, 2.45) is 5.73 Å². The molecule has 1 aliphatic heterocycles. The number of likely N-dealkylation sites (tertiary alicyclic amines) is 1. The number of sulfone groups is 1. The van der Waals surface area contributed by atoms with Gasteiger partial charge in [-0.15, -0.1) is 0 Å². The van der Waals surface area contributed by atoms with Crippen LogP contribution in [0.1, 0.15) is 19.3 Å². The molecule has 14 heavy (non-hydrogen) atoms. The van der Waals surface area contributed by atoms with Crippen LogP contribution in [0.25, 0.3) is 0 Å². The lowest BCUT2D eigenvalue weighted by Crippen LogP contribution is -2.36. The van der Waals surface area contributed by atoms with Crippen LogP contribution in [-0.2, 0) is 9.84 Å². The van der Waals surface area contributed by atoms with E-state index in [2.05, 4.69) is 4.90 Å². The molecule has 0 radical (unpaired) electrons. The maximum Gasteiger partial charge on any atom is 0.147 e. The summed E-state index contributed by atoms with van der Waals surface area (Å²) in [4.78, 5) is 2.31. The molecule has 1 heterocycles. The van der Waals surface area contributed by atoms with Crippen LogP contribution in [-0.4, -0.2) is 51.0 Å². The summed E-state index contributed by atoms with van der Waals surface area (Å²) in [6.07, 6.45) is 4.38. The predicted octanol–water partition coefficient (Wildman–Crippen LogP) is -0.156. The molecule has 1 saturated heterocycles. The van der Waals surface area contributed by atoms with Crippen LogP contribution in [0.3, 0.4) is 0 Å². The fourth-order valence-corrected chi connectivity index (χ4v) is 2.64. The summed E-state index contributed by atoms with van der Waals surface area (Å²) in [5.74, 6) is 0.292. The Morgan fingerprint density at radius 2 is 2.21 bits per heavy atom. The van der Waals surface area contributed by atoms with Crippen molar-refractivity contribution in [3.63, 3.8) is 0 Å². The van der Waals surface area contributed by atoms with Crippen molar-refractivity contribution in [3.05, 3.63) is 0 Å². The Hall–Kier alpha value is -0.130. The molecular weight excluding hydrogens is 200 g/mol. The molecule has 0 aromatic rings. The van der Waals surface area contributed by atoms with Gasteiger partial charge in [0, 0.05) is 18.8 Å². The van der Waals surface area contributed by atoms with Crippen molar-refractivity contribution in [2.45, 2.75) is 25.3 Å². The van der Waals surface area contributed by atoms with Gasteiger partial charge < -0.3 is 5.73 Å². The van der Waals surface area contributed by atoms with Crippen molar-refractivity contribution in [1.82, 2.24) is 4.90 Å². The summed E-state index contributed by atoms with van der Waals surface area (Å²) < 4.78 is 21.8. The first kappa shape index (κ1) is 11.9. The third-order valence-electron chi connectivity index (χ3n) is 2.73. The Balaban J connectivity index is 2.24. The minimum atomic E-state index is -2.80. The van der Waals surface area contributed by atoms with Crippen molar-refractivity contribution in [2.75, 3.05) is 31.6 Å². The van der Waals surface area contributed by atoms with E-state index in [0.29, 0.717) is 18.3 Å². The zero-order valence-electron chi connectivity index (χ0n) is 8.78. The van der Waals surface area contributed by atoms with E-state index in [1.807, 2.05) is 0 Å². The normalized spacial score (nSPS) is 24.3. The van der Waals surface area contributed by atoms with Gasteiger partial charge in [0.2, 0.25) is 0 Å². The SMILES string of the molecule is CS(=O)(=O)CCCN1CCCC1CN. The van der Waals surface area contributed by atoms with Crippen LogP contribution in [0.4, 0.5) is 0 Å². The molecule has 0 aromatic heterocycles. The minimum Gasteiger partial charge on any atom is -0.329 e. The molecule has 1 unspecified atom stereocenters. The van der Waals surface area contributed by atoms with Gasteiger partial charge in [0.05, 0.1) is 5.75 Å². The first-order valence-electron chi connectivity index (χ1n) is 5.15. The van der Waals surface area contributed by atoms with Crippen molar-refractivity contribution in [1.29, 1.82) is 0 Å². The van der Waals surface area contributed by atoms with Gasteiger partial charge in [-0.2, -0.15) is 0 Å². The Morgan fingerprint density at radius 3 is 2.79 bits per heavy atom. The maximum absolute atomic E-state index is 10.9. The molecule has 84 valence electrons. The Morgan fingerprint density at radius 1 is 1.50 bits per heavy atom. The quantitative estimate of drug-likeness (QED) is 0.699. The van der Waals surface area contributed by atoms with Crippen LogP contribution in [0, 0.1) is 0 Å². The van der Waals surface area contributed by atoms with E-state index < -0.39 is 9.84 Å². The molecule has 1 atom stereocenters. The van der Waals surface area contributed by atoms with Crippen LogP contribution < -0.4 is 5.73 Å². The number of hydrogen-bond acceptors (Lipinski definition) is 4. The lowest BCUT2D eigenvalue weighted by Gasteiger charge is -2.22. The standard InChI is InChI=1S/C9H20N2O2S/c1-14(12,13)7-3-6-11-5-2-4-9(11)8-10/h9H,2-8,10H2,1H3. The van der Waals surface area contributed by atoms with Crippen LogP contribution in [0.2, 0.25) is 0 Å². The van der Waals surface area contributed by atoms with Crippen molar-refractivity contribution >= 4 is 9.84 Å². The molecule has 0 spiro atoms. The van der Waals surface area contributed by atoms with Crippen molar-refractivity contribution < 1.29 is 8.42 Å². The number of nitrogens with zero attached hydrogens (tertiary/aromatic N) is 1. The minimum absolute atomic E-state index is 0.292. The zero-order valence-corrected chi connectivity index (χ0v) is 9.59. The monoisotopic (exact) mass is 220 g/mol. The van der Waals surface area contributed by atoms with Gasteiger partial charge in [0.1, 0.15) is 9.84 Å². The predicted molar refractivity (Wildman–Crippen MR) is 58.0 cm³/mol. The van der Waals surface area contributed by atoms with E-state index in [-0.39, 0.29) is 0 Å². The average Bonchev–Trinajstić information content (AvgIpc) is 2.49. The van der Waals surface area contributed by atoms with E-state index in [1.54, 1.807) is 0 Å². The smallest absolute Gasteiger partial charge is 0.147 e. The molecule has 1 aliphatic rings. The molecule has 5 heteroatoms. The third-order valence-corrected chi connectivity index (χ3v) is 3.76. The molecule has 0 aliphatic carbocycles. The fourth-order valence-electron chi connectivity index (χ4n) is 1.99. The number of hydrogen-bond donors (Lipinski definition) is 1. The number of nitrogens with two attached hydrogens (primary N) is 1. The highest BCUT2D eigenvalue weighted by molar-refractivity contribution is 7.90. The van der Waals surface area contributed by atoms with E-state index in [0.717, 1.165) is 25.9 Å². The molecule has 4 nitrogen and oxygen atoms in total. The Kier molecular flexibility index (Phi) is 4.34. The second-order valence-corrected chi connectivity index (χ2v) is 6.31. The Bertz CT molecular complexity index is 264. The second-order valence-electron chi connectivity index (χ2n) is 4.05. The van der Waals surface area contributed by atoms with Crippen LogP contribution in [0.15, 0.2) is 0 Å². The summed E-state index contributed by atoms with van der Waals surface area (Å²) >= 11 is 0. The molecule has 2 N–H and O–H groups in total. The lowest BCUT2D eigenvalue weighted by molar-refractivity contribution is 0.259. The van der Waals surface area contributed by atoms with Gasteiger partial charge in [0.25, 0.3) is 0 Å². The van der Waals surface area contributed by atoms with Gasteiger partial charge in [-0.05, 0) is 32.4 Å². The highest BCUT2D eigenvalue weighted by Crippen LogP contribution is 2.16. The second kappa shape index (κ2) is 5.09. The summed E-state index contributed by atoms with van der Waals surface area (Å²) in [6, 6.07) is 0.481. The molecular formula is C9H20N2O2S. The largest absolute Gasteiger partial charge is 0.329 e. The fraction of sp³-hybridized carbons (Fsp3) is 1.00.